The SMILES string of the molecule is CN(CC1CCCCC1)c1nc2ccc(C(=O)O)cc2o1. The molecule has 0 saturated heterocycles. The van der Waals surface area contributed by atoms with Crippen molar-refractivity contribution >= 4 is 23.1 Å². The van der Waals surface area contributed by atoms with Gasteiger partial charge < -0.3 is 14.4 Å². The molecule has 21 heavy (non-hydrogen) atoms. The lowest BCUT2D eigenvalue weighted by atomic mass is 9.89. The van der Waals surface area contributed by atoms with Crippen molar-refractivity contribution in [3.63, 3.8) is 0 Å². The summed E-state index contributed by atoms with van der Waals surface area (Å²) in [5, 5.41) is 9.00. The van der Waals surface area contributed by atoms with E-state index in [2.05, 4.69) is 4.98 Å². The number of aromatic nitrogens is 1. The van der Waals surface area contributed by atoms with Crippen LogP contribution in [-0.4, -0.2) is 29.7 Å². The van der Waals surface area contributed by atoms with Gasteiger partial charge in [-0.3, -0.25) is 0 Å². The van der Waals surface area contributed by atoms with E-state index in [1.165, 1.54) is 38.2 Å². The van der Waals surface area contributed by atoms with E-state index in [-0.39, 0.29) is 5.56 Å². The van der Waals surface area contributed by atoms with Crippen molar-refractivity contribution in [1.82, 2.24) is 4.98 Å². The summed E-state index contributed by atoms with van der Waals surface area (Å²) < 4.78 is 5.71. The summed E-state index contributed by atoms with van der Waals surface area (Å²) in [7, 11) is 1.98. The Morgan fingerprint density at radius 3 is 2.86 bits per heavy atom. The Labute approximate surface area is 123 Å². The predicted octanol–water partition coefficient (Wildman–Crippen LogP) is 3.54. The molecule has 1 aromatic carbocycles. The standard InChI is InChI=1S/C16H20N2O3/c1-18(10-11-5-3-2-4-6-11)16-17-13-8-7-12(15(19)20)9-14(13)21-16/h7-9,11H,2-6,10H2,1H3,(H,19,20). The normalized spacial score (nSPS) is 16.2. The van der Waals surface area contributed by atoms with E-state index in [0.717, 1.165) is 6.54 Å². The minimum Gasteiger partial charge on any atom is -0.478 e. The van der Waals surface area contributed by atoms with E-state index in [1.807, 2.05) is 11.9 Å². The third-order valence-corrected chi connectivity index (χ3v) is 4.21. The molecule has 5 heteroatoms. The lowest BCUT2D eigenvalue weighted by Crippen LogP contribution is -2.26. The Morgan fingerprint density at radius 2 is 2.14 bits per heavy atom. The summed E-state index contributed by atoms with van der Waals surface area (Å²) in [6.07, 6.45) is 6.52. The highest BCUT2D eigenvalue weighted by Gasteiger charge is 2.18. The molecular formula is C16H20N2O3. The predicted molar refractivity (Wildman–Crippen MR) is 80.8 cm³/mol. The van der Waals surface area contributed by atoms with Gasteiger partial charge in [-0.1, -0.05) is 19.3 Å². The van der Waals surface area contributed by atoms with Gasteiger partial charge in [-0.05, 0) is 37.0 Å². The first-order valence-electron chi connectivity index (χ1n) is 7.48. The van der Waals surface area contributed by atoms with Gasteiger partial charge in [-0.25, -0.2) is 4.79 Å². The molecule has 3 rings (SSSR count). The quantitative estimate of drug-likeness (QED) is 0.932. The molecule has 1 saturated carbocycles. The number of oxazole rings is 1. The number of rotatable bonds is 4. The van der Waals surface area contributed by atoms with E-state index in [4.69, 9.17) is 9.52 Å². The van der Waals surface area contributed by atoms with Gasteiger partial charge in [0.1, 0.15) is 5.52 Å². The van der Waals surface area contributed by atoms with Crippen molar-refractivity contribution in [2.24, 2.45) is 5.92 Å². The Hall–Kier alpha value is -2.04. The molecule has 0 atom stereocenters. The van der Waals surface area contributed by atoms with Crippen LogP contribution in [0, 0.1) is 5.92 Å². The van der Waals surface area contributed by atoms with Gasteiger partial charge in [0.2, 0.25) is 0 Å². The van der Waals surface area contributed by atoms with Crippen molar-refractivity contribution in [3.8, 4) is 0 Å². The van der Waals surface area contributed by atoms with E-state index in [1.54, 1.807) is 12.1 Å². The van der Waals surface area contributed by atoms with Crippen LogP contribution in [0.25, 0.3) is 11.1 Å². The maximum Gasteiger partial charge on any atom is 0.335 e. The topological polar surface area (TPSA) is 66.6 Å². The number of hydrogen-bond donors (Lipinski definition) is 1. The van der Waals surface area contributed by atoms with Crippen LogP contribution in [0.2, 0.25) is 0 Å². The summed E-state index contributed by atoms with van der Waals surface area (Å²) in [6.45, 7) is 0.943. The number of nitrogens with zero attached hydrogens (tertiary/aromatic N) is 2. The lowest BCUT2D eigenvalue weighted by Gasteiger charge is -2.25. The molecule has 1 heterocycles. The van der Waals surface area contributed by atoms with Gasteiger partial charge in [-0.15, -0.1) is 0 Å². The highest BCUT2D eigenvalue weighted by Crippen LogP contribution is 2.27. The van der Waals surface area contributed by atoms with Crippen LogP contribution < -0.4 is 4.90 Å². The molecule has 1 N–H and O–H groups in total. The van der Waals surface area contributed by atoms with Crippen LogP contribution >= 0.6 is 0 Å². The summed E-state index contributed by atoms with van der Waals surface area (Å²) in [5.41, 5.74) is 1.45. The molecule has 1 aromatic heterocycles. The Balaban J connectivity index is 1.78. The van der Waals surface area contributed by atoms with Crippen molar-refractivity contribution in [2.45, 2.75) is 32.1 Å². The van der Waals surface area contributed by atoms with Gasteiger partial charge in [0, 0.05) is 13.6 Å². The molecular weight excluding hydrogens is 268 g/mol. The fourth-order valence-electron chi connectivity index (χ4n) is 3.04. The van der Waals surface area contributed by atoms with Gasteiger partial charge in [-0.2, -0.15) is 4.98 Å². The lowest BCUT2D eigenvalue weighted by molar-refractivity contribution is 0.0697. The maximum absolute atomic E-state index is 11.0. The van der Waals surface area contributed by atoms with Crippen LogP contribution in [-0.2, 0) is 0 Å². The van der Waals surface area contributed by atoms with Crippen molar-refractivity contribution in [3.05, 3.63) is 23.8 Å². The molecule has 1 aliphatic rings. The number of hydrogen-bond acceptors (Lipinski definition) is 4. The smallest absolute Gasteiger partial charge is 0.335 e. The molecule has 0 aliphatic heterocycles. The molecule has 112 valence electrons. The van der Waals surface area contributed by atoms with Crippen LogP contribution in [0.5, 0.6) is 0 Å². The first-order valence-corrected chi connectivity index (χ1v) is 7.48. The first-order chi connectivity index (χ1) is 10.1. The van der Waals surface area contributed by atoms with Gasteiger partial charge >= 0.3 is 5.97 Å². The molecule has 2 aromatic rings. The zero-order valence-electron chi connectivity index (χ0n) is 12.2. The zero-order valence-corrected chi connectivity index (χ0v) is 12.2. The second-order valence-corrected chi connectivity index (χ2v) is 5.87. The highest BCUT2D eigenvalue weighted by atomic mass is 16.4. The Morgan fingerprint density at radius 1 is 1.38 bits per heavy atom. The fraction of sp³-hybridized carbons (Fsp3) is 0.500. The van der Waals surface area contributed by atoms with E-state index >= 15 is 0 Å². The minimum absolute atomic E-state index is 0.222. The largest absolute Gasteiger partial charge is 0.478 e. The molecule has 0 radical (unpaired) electrons. The number of carboxylic acid groups (broad SMARTS) is 1. The molecule has 0 spiro atoms. The summed E-state index contributed by atoms with van der Waals surface area (Å²) in [6, 6.07) is 5.35. The number of anilines is 1. The fourth-order valence-corrected chi connectivity index (χ4v) is 3.04. The third-order valence-electron chi connectivity index (χ3n) is 4.21. The first kappa shape index (κ1) is 13.9. The molecule has 1 fully saturated rings. The number of carbonyl (C=O) groups is 1. The minimum atomic E-state index is -0.953. The van der Waals surface area contributed by atoms with Gasteiger partial charge in [0.25, 0.3) is 6.01 Å². The van der Waals surface area contributed by atoms with Crippen molar-refractivity contribution in [1.29, 1.82) is 0 Å². The van der Waals surface area contributed by atoms with E-state index in [9.17, 15) is 4.79 Å². The second kappa shape index (κ2) is 5.76. The average Bonchev–Trinajstić information content (AvgIpc) is 2.91. The summed E-state index contributed by atoms with van der Waals surface area (Å²) >= 11 is 0. The molecule has 1 aliphatic carbocycles. The summed E-state index contributed by atoms with van der Waals surface area (Å²) in [4.78, 5) is 17.5. The molecule has 0 amide bonds. The third kappa shape index (κ3) is 3.01. The zero-order chi connectivity index (χ0) is 14.8. The van der Waals surface area contributed by atoms with Crippen LogP contribution in [0.4, 0.5) is 6.01 Å². The number of carboxylic acids is 1. The Bertz CT molecular complexity index is 644. The van der Waals surface area contributed by atoms with E-state index in [0.29, 0.717) is 23.0 Å². The maximum atomic E-state index is 11.0. The van der Waals surface area contributed by atoms with Gasteiger partial charge in [0.05, 0.1) is 5.56 Å². The molecule has 0 bridgehead atoms. The number of aromatic carboxylic acids is 1. The second-order valence-electron chi connectivity index (χ2n) is 5.87. The monoisotopic (exact) mass is 288 g/mol. The average molecular weight is 288 g/mol. The Kier molecular flexibility index (Phi) is 3.82. The van der Waals surface area contributed by atoms with Crippen molar-refractivity contribution in [2.75, 3.05) is 18.5 Å². The summed E-state index contributed by atoms with van der Waals surface area (Å²) in [5.74, 6) is -0.251. The van der Waals surface area contributed by atoms with Crippen LogP contribution in [0.3, 0.4) is 0 Å². The molecule has 0 unspecified atom stereocenters. The van der Waals surface area contributed by atoms with E-state index < -0.39 is 5.97 Å². The van der Waals surface area contributed by atoms with Crippen LogP contribution in [0.15, 0.2) is 22.6 Å². The van der Waals surface area contributed by atoms with Crippen molar-refractivity contribution < 1.29 is 14.3 Å². The van der Waals surface area contributed by atoms with Gasteiger partial charge in [0.15, 0.2) is 5.58 Å². The number of benzene rings is 1. The highest BCUT2D eigenvalue weighted by molar-refractivity contribution is 5.92. The molecule has 5 nitrogen and oxygen atoms in total. The number of fused-ring (bicyclic) bond motifs is 1. The van der Waals surface area contributed by atoms with Crippen LogP contribution in [0.1, 0.15) is 42.5 Å².